The summed E-state index contributed by atoms with van der Waals surface area (Å²) in [6.07, 6.45) is 1.88. The molecule has 1 atom stereocenters. The maximum atomic E-state index is 12.3. The Morgan fingerprint density at radius 2 is 2.29 bits per heavy atom. The zero-order valence-electron chi connectivity index (χ0n) is 12.5. The van der Waals surface area contributed by atoms with E-state index in [-0.39, 0.29) is 6.03 Å². The van der Waals surface area contributed by atoms with Crippen molar-refractivity contribution in [2.45, 2.75) is 32.7 Å². The van der Waals surface area contributed by atoms with E-state index >= 15 is 0 Å². The first-order chi connectivity index (χ1) is 10.1. The molecule has 0 unspecified atom stereocenters. The summed E-state index contributed by atoms with van der Waals surface area (Å²) >= 11 is 1.51. The van der Waals surface area contributed by atoms with Crippen LogP contribution in [0.2, 0.25) is 0 Å². The molecule has 0 saturated carbocycles. The zero-order valence-corrected chi connectivity index (χ0v) is 13.3. The van der Waals surface area contributed by atoms with Crippen LogP contribution < -0.4 is 5.32 Å². The molecule has 0 aliphatic carbocycles. The molecule has 1 aliphatic rings. The SMILES string of the molecule is CCCCN1C(=O)N[C@@H](c2cccs2)C(C(=O)OC)=C1C. The predicted molar refractivity (Wildman–Crippen MR) is 81.9 cm³/mol. The molecule has 1 N–H and O–H groups in total. The Morgan fingerprint density at radius 3 is 2.86 bits per heavy atom. The molecule has 2 amide bonds. The largest absolute Gasteiger partial charge is 0.466 e. The molecule has 21 heavy (non-hydrogen) atoms. The van der Waals surface area contributed by atoms with Gasteiger partial charge in [0.2, 0.25) is 0 Å². The minimum atomic E-state index is -0.428. The van der Waals surface area contributed by atoms with Crippen LogP contribution in [0.15, 0.2) is 28.8 Å². The van der Waals surface area contributed by atoms with E-state index in [1.807, 2.05) is 17.5 Å². The van der Waals surface area contributed by atoms with Crippen molar-refractivity contribution in [3.63, 3.8) is 0 Å². The van der Waals surface area contributed by atoms with Crippen LogP contribution in [0.4, 0.5) is 4.79 Å². The van der Waals surface area contributed by atoms with Gasteiger partial charge in [-0.05, 0) is 24.8 Å². The minimum Gasteiger partial charge on any atom is -0.466 e. The highest BCUT2D eigenvalue weighted by molar-refractivity contribution is 7.10. The molecule has 1 aliphatic heterocycles. The average Bonchev–Trinajstić information content (AvgIpc) is 3.00. The van der Waals surface area contributed by atoms with Crippen molar-refractivity contribution >= 4 is 23.3 Å². The van der Waals surface area contributed by atoms with E-state index in [1.54, 1.807) is 11.8 Å². The van der Waals surface area contributed by atoms with Gasteiger partial charge < -0.3 is 10.1 Å². The fourth-order valence-electron chi connectivity index (χ4n) is 2.41. The summed E-state index contributed by atoms with van der Waals surface area (Å²) in [7, 11) is 1.36. The Hall–Kier alpha value is -1.82. The number of methoxy groups -OCH3 is 1. The van der Waals surface area contributed by atoms with Gasteiger partial charge in [0.1, 0.15) is 0 Å². The molecule has 1 aromatic rings. The number of ether oxygens (including phenoxy) is 1. The number of carbonyl (C=O) groups is 2. The Bertz CT molecular complexity index is 551. The highest BCUT2D eigenvalue weighted by Gasteiger charge is 2.36. The van der Waals surface area contributed by atoms with E-state index in [2.05, 4.69) is 12.2 Å². The second kappa shape index (κ2) is 6.76. The standard InChI is InChI=1S/C15H20N2O3S/c1-4-5-8-17-10(2)12(14(18)20-3)13(16-15(17)19)11-7-6-9-21-11/h6-7,9,13H,4-5,8H2,1-3H3,(H,16,19)/t13-/m0/s1. The molecule has 0 spiro atoms. The third-order valence-electron chi connectivity index (χ3n) is 3.56. The van der Waals surface area contributed by atoms with Gasteiger partial charge >= 0.3 is 12.0 Å². The first kappa shape index (κ1) is 15.6. The van der Waals surface area contributed by atoms with Gasteiger partial charge in [-0.15, -0.1) is 11.3 Å². The van der Waals surface area contributed by atoms with Crippen molar-refractivity contribution < 1.29 is 14.3 Å². The molecule has 5 nitrogen and oxygen atoms in total. The molecule has 0 radical (unpaired) electrons. The maximum absolute atomic E-state index is 12.3. The summed E-state index contributed by atoms with van der Waals surface area (Å²) in [4.78, 5) is 27.0. The molecule has 1 aromatic heterocycles. The molecule has 6 heteroatoms. The van der Waals surface area contributed by atoms with Gasteiger partial charge in [0.15, 0.2) is 0 Å². The number of amides is 2. The van der Waals surface area contributed by atoms with E-state index < -0.39 is 12.0 Å². The summed E-state index contributed by atoms with van der Waals surface area (Å²) in [6, 6.07) is 3.22. The van der Waals surface area contributed by atoms with Crippen LogP contribution in [-0.2, 0) is 9.53 Å². The van der Waals surface area contributed by atoms with Crippen molar-refractivity contribution in [2.24, 2.45) is 0 Å². The summed E-state index contributed by atoms with van der Waals surface area (Å²) in [5, 5.41) is 4.84. The average molecular weight is 308 g/mol. The van der Waals surface area contributed by atoms with Crippen LogP contribution in [-0.4, -0.2) is 30.6 Å². The van der Waals surface area contributed by atoms with Crippen LogP contribution in [0.3, 0.4) is 0 Å². The molecular weight excluding hydrogens is 288 g/mol. The van der Waals surface area contributed by atoms with Crippen molar-refractivity contribution in [3.05, 3.63) is 33.7 Å². The van der Waals surface area contributed by atoms with Gasteiger partial charge in [0.25, 0.3) is 0 Å². The van der Waals surface area contributed by atoms with E-state index in [9.17, 15) is 9.59 Å². The highest BCUT2D eigenvalue weighted by Crippen LogP contribution is 2.33. The van der Waals surface area contributed by atoms with Gasteiger partial charge in [-0.2, -0.15) is 0 Å². The predicted octanol–water partition coefficient (Wildman–Crippen LogP) is 3.06. The number of nitrogens with zero attached hydrogens (tertiary/aromatic N) is 1. The lowest BCUT2D eigenvalue weighted by atomic mass is 10.0. The fourth-order valence-corrected chi connectivity index (χ4v) is 3.19. The fraction of sp³-hybridized carbons (Fsp3) is 0.467. The van der Waals surface area contributed by atoms with Gasteiger partial charge in [0.05, 0.1) is 18.7 Å². The second-order valence-electron chi connectivity index (χ2n) is 4.89. The molecule has 0 saturated heterocycles. The van der Waals surface area contributed by atoms with Crippen LogP contribution in [0.5, 0.6) is 0 Å². The van der Waals surface area contributed by atoms with Crippen LogP contribution in [0.25, 0.3) is 0 Å². The molecule has 0 aromatic carbocycles. The van der Waals surface area contributed by atoms with Gasteiger partial charge in [0, 0.05) is 17.1 Å². The smallest absolute Gasteiger partial charge is 0.338 e. The Kier molecular flexibility index (Phi) is 5.01. The van der Waals surface area contributed by atoms with E-state index in [0.29, 0.717) is 17.8 Å². The Morgan fingerprint density at radius 1 is 1.52 bits per heavy atom. The lowest BCUT2D eigenvalue weighted by Crippen LogP contribution is -2.48. The van der Waals surface area contributed by atoms with Crippen molar-refractivity contribution in [2.75, 3.05) is 13.7 Å². The summed E-state index contributed by atoms with van der Waals surface area (Å²) in [5.74, 6) is -0.396. The number of unbranched alkanes of at least 4 members (excludes halogenated alkanes) is 1. The van der Waals surface area contributed by atoms with E-state index in [4.69, 9.17) is 4.74 Å². The Labute approximate surface area is 128 Å². The number of hydrogen-bond acceptors (Lipinski definition) is 4. The van der Waals surface area contributed by atoms with E-state index in [0.717, 1.165) is 17.7 Å². The molecule has 114 valence electrons. The normalized spacial score (nSPS) is 18.7. The zero-order chi connectivity index (χ0) is 15.4. The second-order valence-corrected chi connectivity index (χ2v) is 5.87. The third kappa shape index (κ3) is 3.10. The van der Waals surface area contributed by atoms with Gasteiger partial charge in [-0.1, -0.05) is 19.4 Å². The topological polar surface area (TPSA) is 58.6 Å². The molecule has 0 fully saturated rings. The van der Waals surface area contributed by atoms with E-state index in [1.165, 1.54) is 18.4 Å². The summed E-state index contributed by atoms with van der Waals surface area (Å²) < 4.78 is 4.91. The number of rotatable bonds is 5. The molecule has 0 bridgehead atoms. The van der Waals surface area contributed by atoms with Crippen LogP contribution in [0.1, 0.15) is 37.6 Å². The van der Waals surface area contributed by atoms with Crippen LogP contribution >= 0.6 is 11.3 Å². The number of thiophene rings is 1. The lowest BCUT2D eigenvalue weighted by molar-refractivity contribution is -0.136. The van der Waals surface area contributed by atoms with Crippen molar-refractivity contribution in [1.29, 1.82) is 0 Å². The molecular formula is C15H20N2O3S. The number of allylic oxidation sites excluding steroid dienone is 1. The number of hydrogen-bond donors (Lipinski definition) is 1. The number of carbonyl (C=O) groups excluding carboxylic acids is 2. The van der Waals surface area contributed by atoms with Crippen molar-refractivity contribution in [1.82, 2.24) is 10.2 Å². The number of nitrogens with one attached hydrogen (secondary N) is 1. The van der Waals surface area contributed by atoms with Gasteiger partial charge in [-0.3, -0.25) is 4.90 Å². The monoisotopic (exact) mass is 308 g/mol. The first-order valence-electron chi connectivity index (χ1n) is 7.00. The van der Waals surface area contributed by atoms with Crippen LogP contribution in [0, 0.1) is 0 Å². The quantitative estimate of drug-likeness (QED) is 0.851. The highest BCUT2D eigenvalue weighted by atomic mass is 32.1. The number of esters is 1. The summed E-state index contributed by atoms with van der Waals surface area (Å²) in [6.45, 7) is 4.48. The lowest BCUT2D eigenvalue weighted by Gasteiger charge is -2.34. The van der Waals surface area contributed by atoms with Crippen molar-refractivity contribution in [3.8, 4) is 0 Å². The Balaban J connectivity index is 2.42. The maximum Gasteiger partial charge on any atom is 0.338 e. The third-order valence-corrected chi connectivity index (χ3v) is 4.50. The molecule has 2 rings (SSSR count). The number of urea groups is 1. The first-order valence-corrected chi connectivity index (χ1v) is 7.88. The molecule has 2 heterocycles. The summed E-state index contributed by atoms with van der Waals surface area (Å²) in [5.41, 5.74) is 1.19. The minimum absolute atomic E-state index is 0.160. The van der Waals surface area contributed by atoms with Gasteiger partial charge in [-0.25, -0.2) is 9.59 Å².